The van der Waals surface area contributed by atoms with E-state index in [0.717, 1.165) is 20.3 Å². The summed E-state index contributed by atoms with van der Waals surface area (Å²) < 4.78 is 7.48. The summed E-state index contributed by atoms with van der Waals surface area (Å²) in [7, 11) is 0. The SMILES string of the molecule is CCOc1ccc(C(=O)[C@H](C)Sc2nc3ccccc3s2)cc1. The first-order valence-corrected chi connectivity index (χ1v) is 9.16. The van der Waals surface area contributed by atoms with Crippen molar-refractivity contribution in [2.45, 2.75) is 23.4 Å². The number of rotatable bonds is 6. The van der Waals surface area contributed by atoms with E-state index < -0.39 is 0 Å². The molecule has 0 aliphatic carbocycles. The highest BCUT2D eigenvalue weighted by Crippen LogP contribution is 2.33. The van der Waals surface area contributed by atoms with Gasteiger partial charge in [-0.25, -0.2) is 4.98 Å². The van der Waals surface area contributed by atoms with Crippen LogP contribution in [0.5, 0.6) is 5.75 Å². The molecule has 0 unspecified atom stereocenters. The zero-order valence-electron chi connectivity index (χ0n) is 13.0. The number of carbonyl (C=O) groups excluding carboxylic acids is 1. The standard InChI is InChI=1S/C18H17NO2S2/c1-3-21-14-10-8-13(9-11-14)17(20)12(2)22-18-19-15-6-4-5-7-16(15)23-18/h4-12H,3H2,1-2H3/t12-/m0/s1. The summed E-state index contributed by atoms with van der Waals surface area (Å²) in [4.78, 5) is 17.1. The molecule has 2 aromatic carbocycles. The average molecular weight is 343 g/mol. The molecular weight excluding hydrogens is 326 g/mol. The van der Waals surface area contributed by atoms with E-state index in [9.17, 15) is 4.79 Å². The number of aromatic nitrogens is 1. The summed E-state index contributed by atoms with van der Waals surface area (Å²) in [6.45, 7) is 4.49. The molecular formula is C18H17NO2S2. The zero-order valence-corrected chi connectivity index (χ0v) is 14.6. The highest BCUT2D eigenvalue weighted by atomic mass is 32.2. The summed E-state index contributed by atoms with van der Waals surface area (Å²) in [5.41, 5.74) is 1.69. The van der Waals surface area contributed by atoms with Gasteiger partial charge in [-0.2, -0.15) is 0 Å². The lowest BCUT2D eigenvalue weighted by Gasteiger charge is -2.09. The van der Waals surface area contributed by atoms with E-state index in [2.05, 4.69) is 11.1 Å². The number of Topliss-reactive ketones (excluding diaryl/α,β-unsaturated/α-hetero) is 1. The Kier molecular flexibility index (Phi) is 4.98. The van der Waals surface area contributed by atoms with Crippen LogP contribution in [0.3, 0.4) is 0 Å². The Bertz CT molecular complexity index is 778. The molecule has 0 spiro atoms. The Balaban J connectivity index is 1.71. The quantitative estimate of drug-likeness (QED) is 0.463. The molecule has 5 heteroatoms. The van der Waals surface area contributed by atoms with Crippen molar-refractivity contribution in [3.63, 3.8) is 0 Å². The maximum absolute atomic E-state index is 12.5. The summed E-state index contributed by atoms with van der Waals surface area (Å²) in [6.07, 6.45) is 0. The van der Waals surface area contributed by atoms with Crippen molar-refractivity contribution >= 4 is 39.1 Å². The molecule has 0 saturated heterocycles. The lowest BCUT2D eigenvalue weighted by molar-refractivity contribution is 0.0994. The van der Waals surface area contributed by atoms with Gasteiger partial charge < -0.3 is 4.74 Å². The third kappa shape index (κ3) is 3.74. The van der Waals surface area contributed by atoms with E-state index in [0.29, 0.717) is 12.2 Å². The van der Waals surface area contributed by atoms with Gasteiger partial charge in [0, 0.05) is 5.56 Å². The Labute approximate surface area is 143 Å². The second kappa shape index (κ2) is 7.15. The van der Waals surface area contributed by atoms with Gasteiger partial charge >= 0.3 is 0 Å². The van der Waals surface area contributed by atoms with Gasteiger partial charge in [0.15, 0.2) is 10.1 Å². The average Bonchev–Trinajstić information content (AvgIpc) is 2.97. The molecule has 1 aromatic heterocycles. The van der Waals surface area contributed by atoms with E-state index in [1.165, 1.54) is 11.8 Å². The van der Waals surface area contributed by atoms with Crippen molar-refractivity contribution in [1.29, 1.82) is 0 Å². The van der Waals surface area contributed by atoms with Crippen molar-refractivity contribution in [3.05, 3.63) is 54.1 Å². The lowest BCUT2D eigenvalue weighted by Crippen LogP contribution is -2.13. The summed E-state index contributed by atoms with van der Waals surface area (Å²) in [5, 5.41) is -0.173. The number of fused-ring (bicyclic) bond motifs is 1. The predicted molar refractivity (Wildman–Crippen MR) is 96.9 cm³/mol. The second-order valence-electron chi connectivity index (χ2n) is 5.03. The number of hydrogen-bond donors (Lipinski definition) is 0. The number of benzene rings is 2. The monoisotopic (exact) mass is 343 g/mol. The van der Waals surface area contributed by atoms with Gasteiger partial charge in [0.1, 0.15) is 5.75 Å². The van der Waals surface area contributed by atoms with Gasteiger partial charge in [0.05, 0.1) is 22.1 Å². The number of ether oxygens (including phenoxy) is 1. The van der Waals surface area contributed by atoms with Crippen molar-refractivity contribution in [1.82, 2.24) is 4.98 Å². The largest absolute Gasteiger partial charge is 0.494 e. The maximum Gasteiger partial charge on any atom is 0.175 e. The van der Waals surface area contributed by atoms with Gasteiger partial charge in [-0.15, -0.1) is 11.3 Å². The first kappa shape index (κ1) is 16.0. The topological polar surface area (TPSA) is 39.2 Å². The molecule has 0 bridgehead atoms. The minimum absolute atomic E-state index is 0.109. The van der Waals surface area contributed by atoms with E-state index in [-0.39, 0.29) is 11.0 Å². The van der Waals surface area contributed by atoms with Crippen LogP contribution in [0, 0.1) is 0 Å². The molecule has 0 aliphatic heterocycles. The molecule has 3 rings (SSSR count). The molecule has 0 amide bonds. The van der Waals surface area contributed by atoms with Crippen LogP contribution in [-0.4, -0.2) is 22.6 Å². The Morgan fingerprint density at radius 2 is 1.96 bits per heavy atom. The molecule has 3 aromatic rings. The van der Waals surface area contributed by atoms with E-state index in [1.807, 2.05) is 56.3 Å². The fraction of sp³-hybridized carbons (Fsp3) is 0.222. The molecule has 1 atom stereocenters. The first-order valence-electron chi connectivity index (χ1n) is 7.46. The minimum Gasteiger partial charge on any atom is -0.494 e. The van der Waals surface area contributed by atoms with Crippen LogP contribution in [0.4, 0.5) is 0 Å². The normalized spacial score (nSPS) is 12.3. The van der Waals surface area contributed by atoms with Crippen LogP contribution < -0.4 is 4.74 Å². The molecule has 23 heavy (non-hydrogen) atoms. The number of nitrogens with zero attached hydrogens (tertiary/aromatic N) is 1. The van der Waals surface area contributed by atoms with Crippen molar-refractivity contribution < 1.29 is 9.53 Å². The molecule has 1 heterocycles. The van der Waals surface area contributed by atoms with Crippen LogP contribution >= 0.6 is 23.1 Å². The van der Waals surface area contributed by atoms with Crippen molar-refractivity contribution in [2.75, 3.05) is 6.61 Å². The number of hydrogen-bond acceptors (Lipinski definition) is 5. The molecule has 3 nitrogen and oxygen atoms in total. The highest BCUT2D eigenvalue weighted by molar-refractivity contribution is 8.02. The van der Waals surface area contributed by atoms with E-state index in [4.69, 9.17) is 4.74 Å². The van der Waals surface area contributed by atoms with E-state index >= 15 is 0 Å². The van der Waals surface area contributed by atoms with Crippen LogP contribution in [0.2, 0.25) is 0 Å². The van der Waals surface area contributed by atoms with Crippen LogP contribution in [0.15, 0.2) is 52.9 Å². The first-order chi connectivity index (χ1) is 11.2. The van der Waals surface area contributed by atoms with Crippen LogP contribution in [0.25, 0.3) is 10.2 Å². The molecule has 0 aliphatic rings. The molecule has 0 fully saturated rings. The van der Waals surface area contributed by atoms with Crippen molar-refractivity contribution in [2.24, 2.45) is 0 Å². The third-order valence-electron chi connectivity index (χ3n) is 3.37. The third-order valence-corrected chi connectivity index (χ3v) is 5.60. The number of thioether (sulfide) groups is 1. The Hall–Kier alpha value is -1.85. The highest BCUT2D eigenvalue weighted by Gasteiger charge is 2.18. The predicted octanol–water partition coefficient (Wildman–Crippen LogP) is 5.06. The maximum atomic E-state index is 12.5. The van der Waals surface area contributed by atoms with Gasteiger partial charge in [-0.1, -0.05) is 23.9 Å². The Morgan fingerprint density at radius 1 is 1.22 bits per heavy atom. The molecule has 0 N–H and O–H groups in total. The summed E-state index contributed by atoms with van der Waals surface area (Å²) in [6, 6.07) is 15.3. The molecule has 0 radical (unpaired) electrons. The van der Waals surface area contributed by atoms with Crippen LogP contribution in [0.1, 0.15) is 24.2 Å². The van der Waals surface area contributed by atoms with E-state index in [1.54, 1.807) is 11.3 Å². The number of ketones is 1. The number of para-hydroxylation sites is 1. The van der Waals surface area contributed by atoms with Gasteiger partial charge in [0.2, 0.25) is 0 Å². The lowest BCUT2D eigenvalue weighted by atomic mass is 10.1. The fourth-order valence-corrected chi connectivity index (χ4v) is 4.51. The van der Waals surface area contributed by atoms with Gasteiger partial charge in [-0.3, -0.25) is 4.79 Å². The Morgan fingerprint density at radius 3 is 2.65 bits per heavy atom. The van der Waals surface area contributed by atoms with Crippen LogP contribution in [-0.2, 0) is 0 Å². The summed E-state index contributed by atoms with van der Waals surface area (Å²) in [5.74, 6) is 0.896. The molecule has 118 valence electrons. The minimum atomic E-state index is -0.173. The fourth-order valence-electron chi connectivity index (χ4n) is 2.22. The van der Waals surface area contributed by atoms with Crippen molar-refractivity contribution in [3.8, 4) is 5.75 Å². The van der Waals surface area contributed by atoms with Gasteiger partial charge in [0.25, 0.3) is 0 Å². The smallest absolute Gasteiger partial charge is 0.175 e. The second-order valence-corrected chi connectivity index (χ2v) is 7.65. The van der Waals surface area contributed by atoms with Gasteiger partial charge in [-0.05, 0) is 50.2 Å². The number of carbonyl (C=O) groups is 1. The zero-order chi connectivity index (χ0) is 16.2. The molecule has 0 saturated carbocycles. The number of thiazole rings is 1. The summed E-state index contributed by atoms with van der Waals surface area (Å²) >= 11 is 3.14.